The Hall–Kier alpha value is -2.85. The van der Waals surface area contributed by atoms with E-state index in [2.05, 4.69) is 41.4 Å². The van der Waals surface area contributed by atoms with Crippen molar-refractivity contribution in [2.75, 3.05) is 10.2 Å². The molecule has 0 spiro atoms. The highest BCUT2D eigenvalue weighted by atomic mass is 32.1. The fraction of sp³-hybridized carbons (Fsp3) is 0.136. The number of hydrogen-bond acceptors (Lipinski definition) is 2. The van der Waals surface area contributed by atoms with Crippen molar-refractivity contribution in [1.82, 2.24) is 0 Å². The molecule has 0 aromatic heterocycles. The van der Waals surface area contributed by atoms with Gasteiger partial charge in [0.15, 0.2) is 5.11 Å². The second-order valence-corrected chi connectivity index (χ2v) is 6.81. The summed E-state index contributed by atoms with van der Waals surface area (Å²) in [5.74, 6) is 1.62. The van der Waals surface area contributed by atoms with E-state index < -0.39 is 0 Å². The lowest BCUT2D eigenvalue weighted by Crippen LogP contribution is -2.38. The monoisotopic (exact) mass is 360 g/mol. The molecule has 0 fully saturated rings. The number of nitrogens with zero attached hydrogens (tertiary/aromatic N) is 1. The molecule has 130 valence electrons. The summed E-state index contributed by atoms with van der Waals surface area (Å²) in [7, 11) is 0. The second kappa shape index (κ2) is 7.18. The molecule has 1 N–H and O–H groups in total. The van der Waals surface area contributed by atoms with Crippen LogP contribution in [0.5, 0.6) is 11.5 Å². The third-order valence-corrected chi connectivity index (χ3v) is 4.81. The Labute approximate surface area is 159 Å². The lowest BCUT2D eigenvalue weighted by Gasteiger charge is -2.26. The van der Waals surface area contributed by atoms with Crippen LogP contribution in [0, 0.1) is 0 Å². The van der Waals surface area contributed by atoms with Gasteiger partial charge in [0.2, 0.25) is 0 Å². The number of rotatable bonds is 3. The number of fused-ring (bicyclic) bond motifs is 1. The van der Waals surface area contributed by atoms with E-state index >= 15 is 0 Å². The van der Waals surface area contributed by atoms with Crippen LogP contribution >= 0.6 is 12.2 Å². The largest absolute Gasteiger partial charge is 0.457 e. The Morgan fingerprint density at radius 1 is 0.923 bits per heavy atom. The first-order valence-electron chi connectivity index (χ1n) is 8.72. The quantitative estimate of drug-likeness (QED) is 0.612. The smallest absolute Gasteiger partial charge is 0.178 e. The van der Waals surface area contributed by atoms with Crippen LogP contribution in [0.25, 0.3) is 0 Å². The topological polar surface area (TPSA) is 24.5 Å². The zero-order chi connectivity index (χ0) is 17.9. The molecule has 1 aliphatic rings. The molecule has 3 aromatic rings. The molecule has 0 radical (unpaired) electrons. The van der Waals surface area contributed by atoms with Crippen molar-refractivity contribution in [3.63, 3.8) is 0 Å². The van der Waals surface area contributed by atoms with Crippen LogP contribution in [0.3, 0.4) is 0 Å². The Kier molecular flexibility index (Phi) is 4.59. The van der Waals surface area contributed by atoms with Crippen molar-refractivity contribution in [2.24, 2.45) is 0 Å². The number of thiocarbonyl (C=S) groups is 1. The number of ether oxygens (including phenoxy) is 1. The van der Waals surface area contributed by atoms with Gasteiger partial charge in [-0.15, -0.1) is 0 Å². The van der Waals surface area contributed by atoms with Crippen LogP contribution in [0.15, 0.2) is 78.9 Å². The second-order valence-electron chi connectivity index (χ2n) is 6.42. The maximum Gasteiger partial charge on any atom is 0.178 e. The maximum absolute atomic E-state index is 5.83. The van der Waals surface area contributed by atoms with Crippen LogP contribution in [-0.4, -0.2) is 11.2 Å². The summed E-state index contributed by atoms with van der Waals surface area (Å²) in [6.45, 7) is 2.20. The van der Waals surface area contributed by atoms with Crippen molar-refractivity contribution in [3.8, 4) is 11.5 Å². The number of benzene rings is 3. The Morgan fingerprint density at radius 3 is 2.35 bits per heavy atom. The van der Waals surface area contributed by atoms with Crippen molar-refractivity contribution in [3.05, 3.63) is 84.4 Å². The fourth-order valence-electron chi connectivity index (χ4n) is 3.29. The summed E-state index contributed by atoms with van der Waals surface area (Å²) in [5.41, 5.74) is 3.49. The van der Waals surface area contributed by atoms with Crippen LogP contribution in [-0.2, 0) is 6.42 Å². The van der Waals surface area contributed by atoms with E-state index in [1.165, 1.54) is 11.3 Å². The highest BCUT2D eigenvalue weighted by Crippen LogP contribution is 2.32. The van der Waals surface area contributed by atoms with Gasteiger partial charge in [-0.3, -0.25) is 0 Å². The molecule has 26 heavy (non-hydrogen) atoms. The number of para-hydroxylation sites is 2. The Bertz CT molecular complexity index is 909. The van der Waals surface area contributed by atoms with E-state index in [4.69, 9.17) is 17.0 Å². The minimum atomic E-state index is 0.355. The fourth-order valence-corrected chi connectivity index (χ4v) is 3.69. The Morgan fingerprint density at radius 2 is 1.58 bits per heavy atom. The predicted molar refractivity (Wildman–Crippen MR) is 111 cm³/mol. The molecule has 4 rings (SSSR count). The van der Waals surface area contributed by atoms with Gasteiger partial charge >= 0.3 is 0 Å². The summed E-state index contributed by atoms with van der Waals surface area (Å²) in [5, 5.41) is 4.07. The molecule has 1 heterocycles. The lowest BCUT2D eigenvalue weighted by atomic mass is 10.1. The standard InChI is InChI=1S/C22H20N2OS/c1-16-15-17-7-5-6-10-21(17)24(16)22(26)23-18-11-13-20(14-12-18)25-19-8-3-2-4-9-19/h2-14,16H,15H2,1H3,(H,23,26). The third kappa shape index (κ3) is 3.41. The number of hydrogen-bond donors (Lipinski definition) is 1. The summed E-state index contributed by atoms with van der Waals surface area (Å²) >= 11 is 5.67. The molecule has 0 saturated heterocycles. The van der Waals surface area contributed by atoms with Gasteiger partial charge < -0.3 is 15.0 Å². The SMILES string of the molecule is CC1Cc2ccccc2N1C(=S)Nc1ccc(Oc2ccccc2)cc1. The van der Waals surface area contributed by atoms with Crippen molar-refractivity contribution < 1.29 is 4.74 Å². The van der Waals surface area contributed by atoms with Gasteiger partial charge in [0.1, 0.15) is 11.5 Å². The van der Waals surface area contributed by atoms with Gasteiger partial charge in [0.25, 0.3) is 0 Å². The lowest BCUT2D eigenvalue weighted by molar-refractivity contribution is 0.483. The van der Waals surface area contributed by atoms with Crippen LogP contribution in [0.4, 0.5) is 11.4 Å². The van der Waals surface area contributed by atoms with Gasteiger partial charge in [0.05, 0.1) is 0 Å². The summed E-state index contributed by atoms with van der Waals surface area (Å²) in [4.78, 5) is 2.19. The van der Waals surface area contributed by atoms with Gasteiger partial charge in [-0.1, -0.05) is 36.4 Å². The van der Waals surface area contributed by atoms with Crippen molar-refractivity contribution in [1.29, 1.82) is 0 Å². The maximum atomic E-state index is 5.83. The van der Waals surface area contributed by atoms with E-state index in [-0.39, 0.29) is 0 Å². The van der Waals surface area contributed by atoms with E-state index in [9.17, 15) is 0 Å². The number of nitrogens with one attached hydrogen (secondary N) is 1. The predicted octanol–water partition coefficient (Wildman–Crippen LogP) is 5.63. The third-order valence-electron chi connectivity index (χ3n) is 4.51. The van der Waals surface area contributed by atoms with E-state index in [0.29, 0.717) is 6.04 Å². The van der Waals surface area contributed by atoms with Gasteiger partial charge in [-0.25, -0.2) is 0 Å². The van der Waals surface area contributed by atoms with Crippen LogP contribution in [0.1, 0.15) is 12.5 Å². The first-order chi connectivity index (χ1) is 12.7. The first-order valence-corrected chi connectivity index (χ1v) is 9.12. The van der Waals surface area contributed by atoms with Crippen molar-refractivity contribution in [2.45, 2.75) is 19.4 Å². The minimum absolute atomic E-state index is 0.355. The number of anilines is 2. The molecule has 0 amide bonds. The van der Waals surface area contributed by atoms with Crippen LogP contribution in [0.2, 0.25) is 0 Å². The molecular formula is C22H20N2OS. The average molecular weight is 360 g/mol. The molecule has 1 aliphatic heterocycles. The van der Waals surface area contributed by atoms with E-state index in [1.807, 2.05) is 54.6 Å². The highest BCUT2D eigenvalue weighted by molar-refractivity contribution is 7.80. The summed E-state index contributed by atoms with van der Waals surface area (Å²) in [6, 6.07) is 26.4. The normalized spacial score (nSPS) is 15.4. The minimum Gasteiger partial charge on any atom is -0.457 e. The molecule has 1 unspecified atom stereocenters. The molecule has 3 nitrogen and oxygen atoms in total. The first kappa shape index (κ1) is 16.6. The van der Waals surface area contributed by atoms with E-state index in [1.54, 1.807) is 0 Å². The highest BCUT2D eigenvalue weighted by Gasteiger charge is 2.28. The van der Waals surface area contributed by atoms with Gasteiger partial charge in [0, 0.05) is 17.4 Å². The molecule has 0 saturated carbocycles. The van der Waals surface area contributed by atoms with Crippen LogP contribution < -0.4 is 15.0 Å². The molecule has 3 aromatic carbocycles. The van der Waals surface area contributed by atoms with Gasteiger partial charge in [-0.2, -0.15) is 0 Å². The molecule has 0 bridgehead atoms. The van der Waals surface area contributed by atoms with Gasteiger partial charge in [-0.05, 0) is 73.6 Å². The zero-order valence-electron chi connectivity index (χ0n) is 14.6. The molecule has 0 aliphatic carbocycles. The molecule has 1 atom stereocenters. The van der Waals surface area contributed by atoms with E-state index in [0.717, 1.165) is 28.7 Å². The van der Waals surface area contributed by atoms with Crippen molar-refractivity contribution >= 4 is 28.7 Å². The average Bonchev–Trinajstić information content (AvgIpc) is 3.00. The molecular weight excluding hydrogens is 340 g/mol. The summed E-state index contributed by atoms with van der Waals surface area (Å²) in [6.07, 6.45) is 1.02. The molecule has 4 heteroatoms. The summed E-state index contributed by atoms with van der Waals surface area (Å²) < 4.78 is 5.83. The zero-order valence-corrected chi connectivity index (χ0v) is 15.4. The Balaban J connectivity index is 1.45.